The van der Waals surface area contributed by atoms with Crippen LogP contribution in [0, 0.1) is 0 Å². The topological polar surface area (TPSA) is 71.5 Å². The van der Waals surface area contributed by atoms with Gasteiger partial charge >= 0.3 is 0 Å². The summed E-state index contributed by atoms with van der Waals surface area (Å²) in [5, 5.41) is 12.7. The normalized spacial score (nSPS) is 10.0. The van der Waals surface area contributed by atoms with Gasteiger partial charge in [0, 0.05) is 16.8 Å². The molecule has 0 aliphatic heterocycles. The zero-order valence-corrected chi connectivity index (χ0v) is 10.8. The lowest BCUT2D eigenvalue weighted by molar-refractivity contribution is 0.102. The number of hydrogen-bond acceptors (Lipinski definition) is 4. The maximum atomic E-state index is 11.9. The monoisotopic (exact) mass is 278 g/mol. The molecule has 0 atom stereocenters. The number of methoxy groups -OCH3 is 1. The van der Waals surface area contributed by atoms with Crippen LogP contribution in [-0.4, -0.2) is 23.1 Å². The Kier molecular flexibility index (Phi) is 3.87. The molecule has 5 nitrogen and oxygen atoms in total. The molecule has 0 bridgehead atoms. The van der Waals surface area contributed by atoms with Gasteiger partial charge in [0.2, 0.25) is 0 Å². The molecular formula is C13H11ClN2O3. The quantitative estimate of drug-likeness (QED) is 0.905. The number of amides is 1. The van der Waals surface area contributed by atoms with Crippen LogP contribution >= 0.6 is 11.6 Å². The standard InChI is InChI=1S/C13H11ClN2O3/c1-19-11-3-2-8(6-10(11)17)13(18)16-12-7-9(14)4-5-15-12/h2-7,17H,1H3,(H,15,16,18). The van der Waals surface area contributed by atoms with E-state index >= 15 is 0 Å². The van der Waals surface area contributed by atoms with Crippen LogP contribution in [0.4, 0.5) is 5.82 Å². The lowest BCUT2D eigenvalue weighted by Crippen LogP contribution is -2.12. The van der Waals surface area contributed by atoms with E-state index in [1.165, 1.54) is 31.5 Å². The van der Waals surface area contributed by atoms with Crippen molar-refractivity contribution in [2.75, 3.05) is 12.4 Å². The van der Waals surface area contributed by atoms with Crippen LogP contribution in [0.15, 0.2) is 36.5 Å². The number of carbonyl (C=O) groups excluding carboxylic acids is 1. The van der Waals surface area contributed by atoms with Crippen LogP contribution in [0.5, 0.6) is 11.5 Å². The minimum Gasteiger partial charge on any atom is -0.504 e. The number of halogens is 1. The molecule has 2 aromatic rings. The van der Waals surface area contributed by atoms with Crippen molar-refractivity contribution < 1.29 is 14.6 Å². The van der Waals surface area contributed by atoms with Gasteiger partial charge < -0.3 is 15.2 Å². The Bertz CT molecular complexity index is 617. The summed E-state index contributed by atoms with van der Waals surface area (Å²) in [5.41, 5.74) is 0.292. The molecule has 1 amide bonds. The fourth-order valence-electron chi connectivity index (χ4n) is 1.49. The van der Waals surface area contributed by atoms with E-state index in [0.717, 1.165) is 0 Å². The Hall–Kier alpha value is -2.27. The maximum Gasteiger partial charge on any atom is 0.256 e. The molecule has 0 spiro atoms. The lowest BCUT2D eigenvalue weighted by Gasteiger charge is -2.07. The lowest BCUT2D eigenvalue weighted by atomic mass is 10.2. The third-order valence-electron chi connectivity index (χ3n) is 2.40. The summed E-state index contributed by atoms with van der Waals surface area (Å²) < 4.78 is 4.90. The average molecular weight is 279 g/mol. The molecule has 2 rings (SSSR count). The molecule has 0 fully saturated rings. The first-order valence-electron chi connectivity index (χ1n) is 5.40. The predicted octanol–water partition coefficient (Wildman–Crippen LogP) is 2.70. The zero-order valence-electron chi connectivity index (χ0n) is 10.1. The van der Waals surface area contributed by atoms with E-state index in [1.54, 1.807) is 12.1 Å². The predicted molar refractivity (Wildman–Crippen MR) is 71.9 cm³/mol. The number of nitrogens with zero attached hydrogens (tertiary/aromatic N) is 1. The summed E-state index contributed by atoms with van der Waals surface area (Å²) in [6.07, 6.45) is 1.49. The molecule has 98 valence electrons. The Morgan fingerprint density at radius 3 is 2.79 bits per heavy atom. The van der Waals surface area contributed by atoms with Gasteiger partial charge in [-0.3, -0.25) is 4.79 Å². The third-order valence-corrected chi connectivity index (χ3v) is 2.64. The van der Waals surface area contributed by atoms with Gasteiger partial charge in [-0.05, 0) is 30.3 Å². The number of phenolic OH excluding ortho intramolecular Hbond substituents is 1. The number of ether oxygens (including phenoxy) is 1. The number of aromatic nitrogens is 1. The first kappa shape index (κ1) is 13.2. The first-order chi connectivity index (χ1) is 9.10. The molecule has 1 heterocycles. The molecule has 1 aromatic heterocycles. The fourth-order valence-corrected chi connectivity index (χ4v) is 1.65. The van der Waals surface area contributed by atoms with Crippen molar-refractivity contribution in [3.8, 4) is 11.5 Å². The van der Waals surface area contributed by atoms with E-state index in [1.807, 2.05) is 0 Å². The van der Waals surface area contributed by atoms with Gasteiger partial charge in [-0.1, -0.05) is 11.6 Å². The number of aromatic hydroxyl groups is 1. The van der Waals surface area contributed by atoms with Gasteiger partial charge in [0.15, 0.2) is 11.5 Å². The maximum absolute atomic E-state index is 11.9. The molecule has 0 aliphatic carbocycles. The Labute approximate surface area is 114 Å². The minimum atomic E-state index is -0.396. The second kappa shape index (κ2) is 5.58. The highest BCUT2D eigenvalue weighted by atomic mass is 35.5. The van der Waals surface area contributed by atoms with Crippen molar-refractivity contribution in [1.82, 2.24) is 4.98 Å². The van der Waals surface area contributed by atoms with Crippen molar-refractivity contribution in [1.29, 1.82) is 0 Å². The van der Waals surface area contributed by atoms with Crippen LogP contribution in [0.3, 0.4) is 0 Å². The molecular weight excluding hydrogens is 268 g/mol. The molecule has 19 heavy (non-hydrogen) atoms. The fraction of sp³-hybridized carbons (Fsp3) is 0.0769. The number of hydrogen-bond donors (Lipinski definition) is 2. The highest BCUT2D eigenvalue weighted by Gasteiger charge is 2.10. The van der Waals surface area contributed by atoms with Gasteiger partial charge in [-0.25, -0.2) is 4.98 Å². The van der Waals surface area contributed by atoms with E-state index in [-0.39, 0.29) is 5.75 Å². The summed E-state index contributed by atoms with van der Waals surface area (Å²) in [5.74, 6) is 0.146. The van der Waals surface area contributed by atoms with Gasteiger partial charge in [0.05, 0.1) is 7.11 Å². The average Bonchev–Trinajstić information content (AvgIpc) is 2.38. The van der Waals surface area contributed by atoms with Crippen LogP contribution in [0.25, 0.3) is 0 Å². The van der Waals surface area contributed by atoms with Gasteiger partial charge in [0.1, 0.15) is 5.82 Å². The Morgan fingerprint density at radius 1 is 1.37 bits per heavy atom. The van der Waals surface area contributed by atoms with Gasteiger partial charge in [-0.2, -0.15) is 0 Å². The summed E-state index contributed by atoms with van der Waals surface area (Å²) in [6, 6.07) is 7.51. The third kappa shape index (κ3) is 3.14. The number of nitrogens with one attached hydrogen (secondary N) is 1. The van der Waals surface area contributed by atoms with Crippen LogP contribution < -0.4 is 10.1 Å². The SMILES string of the molecule is COc1ccc(C(=O)Nc2cc(Cl)ccn2)cc1O. The number of rotatable bonds is 3. The number of phenols is 1. The zero-order chi connectivity index (χ0) is 13.8. The van der Waals surface area contributed by atoms with Crippen molar-refractivity contribution >= 4 is 23.3 Å². The number of carbonyl (C=O) groups is 1. The highest BCUT2D eigenvalue weighted by molar-refractivity contribution is 6.30. The molecule has 2 N–H and O–H groups in total. The van der Waals surface area contributed by atoms with E-state index in [2.05, 4.69) is 10.3 Å². The largest absolute Gasteiger partial charge is 0.504 e. The van der Waals surface area contributed by atoms with Crippen LogP contribution in [0.1, 0.15) is 10.4 Å². The number of benzene rings is 1. The van der Waals surface area contributed by atoms with E-state index in [0.29, 0.717) is 22.2 Å². The number of anilines is 1. The molecule has 0 saturated heterocycles. The molecule has 0 aliphatic rings. The Balaban J connectivity index is 2.18. The second-order valence-electron chi connectivity index (χ2n) is 3.70. The van der Waals surface area contributed by atoms with E-state index in [4.69, 9.17) is 16.3 Å². The van der Waals surface area contributed by atoms with Crippen molar-refractivity contribution in [3.05, 3.63) is 47.1 Å². The van der Waals surface area contributed by atoms with E-state index < -0.39 is 5.91 Å². The minimum absolute atomic E-state index is 0.103. The van der Waals surface area contributed by atoms with E-state index in [9.17, 15) is 9.90 Å². The van der Waals surface area contributed by atoms with Crippen LogP contribution in [0.2, 0.25) is 5.02 Å². The summed E-state index contributed by atoms with van der Waals surface area (Å²) in [4.78, 5) is 15.9. The molecule has 1 aromatic carbocycles. The van der Waals surface area contributed by atoms with Gasteiger partial charge in [0.25, 0.3) is 5.91 Å². The van der Waals surface area contributed by atoms with Crippen LogP contribution in [-0.2, 0) is 0 Å². The molecule has 0 unspecified atom stereocenters. The molecule has 0 radical (unpaired) electrons. The molecule has 6 heteroatoms. The molecule has 0 saturated carbocycles. The smallest absolute Gasteiger partial charge is 0.256 e. The first-order valence-corrected chi connectivity index (χ1v) is 5.78. The van der Waals surface area contributed by atoms with Gasteiger partial charge in [-0.15, -0.1) is 0 Å². The summed E-state index contributed by atoms with van der Waals surface area (Å²) in [6.45, 7) is 0. The summed E-state index contributed by atoms with van der Waals surface area (Å²) in [7, 11) is 1.44. The number of pyridine rings is 1. The van der Waals surface area contributed by atoms with Crippen molar-refractivity contribution in [2.45, 2.75) is 0 Å². The second-order valence-corrected chi connectivity index (χ2v) is 4.14. The van der Waals surface area contributed by atoms with Crippen molar-refractivity contribution in [3.63, 3.8) is 0 Å². The highest BCUT2D eigenvalue weighted by Crippen LogP contribution is 2.26. The summed E-state index contributed by atoms with van der Waals surface area (Å²) >= 11 is 5.79. The van der Waals surface area contributed by atoms with Crippen molar-refractivity contribution in [2.24, 2.45) is 0 Å². The Morgan fingerprint density at radius 2 is 2.16 bits per heavy atom.